The fourth-order valence-electron chi connectivity index (χ4n) is 10.3. The molecule has 0 fully saturated rings. The highest BCUT2D eigenvalue weighted by atomic mass is 16.6. The lowest BCUT2D eigenvalue weighted by atomic mass is 9.99. The van der Waals surface area contributed by atoms with Crippen LogP contribution in [0, 0.1) is 11.8 Å². The van der Waals surface area contributed by atoms with E-state index in [1.54, 1.807) is 0 Å². The molecular weight excluding hydrogens is 889 g/mol. The maximum absolute atomic E-state index is 12.9. The minimum atomic E-state index is -0.764. The lowest BCUT2D eigenvalue weighted by Crippen LogP contribution is -2.30. The SMILES string of the molecule is CCCCCCCCCCCCCCCCCCCCCC(=O)OC[C@H](COC(=O)CCCCCCCCCCCCC(C)CC)OC(=O)CCCCCCCCCCCCCCCCCCCCC(C)C. The van der Waals surface area contributed by atoms with Crippen LogP contribution in [0.2, 0.25) is 0 Å². The van der Waals surface area contributed by atoms with Crippen LogP contribution in [-0.2, 0) is 28.6 Å². The molecule has 0 aliphatic rings. The summed E-state index contributed by atoms with van der Waals surface area (Å²) in [6.07, 6.45) is 65.3. The van der Waals surface area contributed by atoms with Crippen molar-refractivity contribution in [2.75, 3.05) is 13.2 Å². The molecular formula is C66H128O6. The first-order chi connectivity index (χ1) is 35.3. The molecule has 2 atom stereocenters. The molecule has 0 bridgehead atoms. The van der Waals surface area contributed by atoms with Gasteiger partial charge in [-0.1, -0.05) is 336 Å². The van der Waals surface area contributed by atoms with Crippen molar-refractivity contribution < 1.29 is 28.6 Å². The second-order valence-corrected chi connectivity index (χ2v) is 23.5. The summed E-state index contributed by atoms with van der Waals surface area (Å²) in [6.45, 7) is 11.5. The molecule has 0 radical (unpaired) electrons. The lowest BCUT2D eigenvalue weighted by molar-refractivity contribution is -0.167. The van der Waals surface area contributed by atoms with Crippen molar-refractivity contribution >= 4 is 17.9 Å². The summed E-state index contributed by atoms with van der Waals surface area (Å²) in [6, 6.07) is 0. The molecule has 0 heterocycles. The number of hydrogen-bond donors (Lipinski definition) is 0. The van der Waals surface area contributed by atoms with Crippen LogP contribution in [-0.4, -0.2) is 37.2 Å². The molecule has 0 N–H and O–H groups in total. The number of esters is 3. The molecule has 0 spiro atoms. The maximum atomic E-state index is 12.9. The first-order valence-corrected chi connectivity index (χ1v) is 32.8. The van der Waals surface area contributed by atoms with Crippen LogP contribution in [0.4, 0.5) is 0 Å². The Morgan fingerprint density at radius 3 is 0.792 bits per heavy atom. The Labute approximate surface area is 450 Å². The smallest absolute Gasteiger partial charge is 0.306 e. The Bertz CT molecular complexity index is 1110. The van der Waals surface area contributed by atoms with Gasteiger partial charge in [0.25, 0.3) is 0 Å². The van der Waals surface area contributed by atoms with Crippen LogP contribution < -0.4 is 0 Å². The van der Waals surface area contributed by atoms with E-state index in [0.717, 1.165) is 69.6 Å². The quantitative estimate of drug-likeness (QED) is 0.0343. The summed E-state index contributed by atoms with van der Waals surface area (Å²) in [4.78, 5) is 38.3. The first-order valence-electron chi connectivity index (χ1n) is 32.8. The monoisotopic (exact) mass is 1020 g/mol. The zero-order valence-corrected chi connectivity index (χ0v) is 49.6. The summed E-state index contributed by atoms with van der Waals surface area (Å²) in [5, 5.41) is 0. The second kappa shape index (κ2) is 58.7. The zero-order chi connectivity index (χ0) is 52.5. The van der Waals surface area contributed by atoms with E-state index < -0.39 is 6.10 Å². The fraction of sp³-hybridized carbons (Fsp3) is 0.955. The molecule has 1 unspecified atom stereocenters. The molecule has 0 saturated carbocycles. The maximum Gasteiger partial charge on any atom is 0.306 e. The molecule has 72 heavy (non-hydrogen) atoms. The summed E-state index contributed by atoms with van der Waals surface area (Å²) in [5.41, 5.74) is 0. The van der Waals surface area contributed by atoms with Gasteiger partial charge in [0.15, 0.2) is 6.10 Å². The van der Waals surface area contributed by atoms with Crippen molar-refractivity contribution in [1.82, 2.24) is 0 Å². The van der Waals surface area contributed by atoms with E-state index in [2.05, 4.69) is 34.6 Å². The van der Waals surface area contributed by atoms with Crippen molar-refractivity contribution in [3.05, 3.63) is 0 Å². The molecule has 0 aromatic rings. The predicted molar refractivity (Wildman–Crippen MR) is 312 cm³/mol. The van der Waals surface area contributed by atoms with Gasteiger partial charge in [0, 0.05) is 19.3 Å². The van der Waals surface area contributed by atoms with Gasteiger partial charge in [0.2, 0.25) is 0 Å². The van der Waals surface area contributed by atoms with Gasteiger partial charge in [-0.2, -0.15) is 0 Å². The number of carbonyl (C=O) groups is 3. The molecule has 0 aromatic carbocycles. The van der Waals surface area contributed by atoms with Crippen molar-refractivity contribution in [3.63, 3.8) is 0 Å². The van der Waals surface area contributed by atoms with Crippen LogP contribution in [0.25, 0.3) is 0 Å². The molecule has 0 saturated heterocycles. The minimum Gasteiger partial charge on any atom is -0.462 e. The molecule has 0 aromatic heterocycles. The number of hydrogen-bond acceptors (Lipinski definition) is 6. The average molecular weight is 1020 g/mol. The number of unbranched alkanes of at least 4 members (excludes halogenated alkanes) is 44. The molecule has 428 valence electrons. The Morgan fingerprint density at radius 1 is 0.292 bits per heavy atom. The molecule has 6 nitrogen and oxygen atoms in total. The van der Waals surface area contributed by atoms with Crippen LogP contribution >= 0.6 is 0 Å². The number of carbonyl (C=O) groups excluding carboxylic acids is 3. The second-order valence-electron chi connectivity index (χ2n) is 23.5. The van der Waals surface area contributed by atoms with Gasteiger partial charge in [-0.05, 0) is 31.1 Å². The van der Waals surface area contributed by atoms with Crippen LogP contribution in [0.5, 0.6) is 0 Å². The third kappa shape index (κ3) is 57.7. The third-order valence-electron chi connectivity index (χ3n) is 15.6. The molecule has 0 amide bonds. The van der Waals surface area contributed by atoms with Crippen molar-refractivity contribution in [2.45, 2.75) is 381 Å². The molecule has 0 aliphatic carbocycles. The van der Waals surface area contributed by atoms with E-state index in [0.29, 0.717) is 19.3 Å². The third-order valence-corrected chi connectivity index (χ3v) is 15.6. The van der Waals surface area contributed by atoms with E-state index in [4.69, 9.17) is 14.2 Å². The van der Waals surface area contributed by atoms with E-state index in [9.17, 15) is 14.4 Å². The van der Waals surface area contributed by atoms with Gasteiger partial charge >= 0.3 is 17.9 Å². The Balaban J connectivity index is 4.26. The summed E-state index contributed by atoms with van der Waals surface area (Å²) < 4.78 is 17.0. The van der Waals surface area contributed by atoms with E-state index in [1.165, 1.54) is 263 Å². The van der Waals surface area contributed by atoms with Gasteiger partial charge in [-0.25, -0.2) is 0 Å². The topological polar surface area (TPSA) is 78.9 Å². The molecule has 0 aliphatic heterocycles. The van der Waals surface area contributed by atoms with Gasteiger partial charge in [-0.3, -0.25) is 14.4 Å². The Kier molecular flexibility index (Phi) is 57.4. The highest BCUT2D eigenvalue weighted by molar-refractivity contribution is 5.71. The van der Waals surface area contributed by atoms with Gasteiger partial charge < -0.3 is 14.2 Å². The van der Waals surface area contributed by atoms with Gasteiger partial charge in [0.1, 0.15) is 13.2 Å². The normalized spacial score (nSPS) is 12.4. The number of rotatable bonds is 60. The number of ether oxygens (including phenoxy) is 3. The van der Waals surface area contributed by atoms with Gasteiger partial charge in [-0.15, -0.1) is 0 Å². The fourth-order valence-corrected chi connectivity index (χ4v) is 10.3. The minimum absolute atomic E-state index is 0.0619. The summed E-state index contributed by atoms with van der Waals surface area (Å²) >= 11 is 0. The first kappa shape index (κ1) is 70.4. The van der Waals surface area contributed by atoms with Crippen molar-refractivity contribution in [3.8, 4) is 0 Å². The predicted octanol–water partition coefficient (Wildman–Crippen LogP) is 22.0. The van der Waals surface area contributed by atoms with Crippen molar-refractivity contribution in [1.29, 1.82) is 0 Å². The standard InChI is InChI=1S/C66H128O6/c1-6-8-9-10-11-12-13-14-15-16-17-21-24-27-30-36-41-46-51-56-64(67)70-59-63(60-71-65(68)57-52-47-42-37-33-32-35-40-45-50-55-62(5)7-2)72-66(69)58-53-48-43-38-31-28-25-22-19-18-20-23-26-29-34-39-44-49-54-61(3)4/h61-63H,6-60H2,1-5H3/t62?,63-/m1/s1. The van der Waals surface area contributed by atoms with E-state index in [-0.39, 0.29) is 31.1 Å². The van der Waals surface area contributed by atoms with Crippen molar-refractivity contribution in [2.24, 2.45) is 11.8 Å². The summed E-state index contributed by atoms with van der Waals surface area (Å²) in [7, 11) is 0. The zero-order valence-electron chi connectivity index (χ0n) is 49.6. The highest BCUT2D eigenvalue weighted by Gasteiger charge is 2.19. The molecule has 6 heteroatoms. The van der Waals surface area contributed by atoms with Gasteiger partial charge in [0.05, 0.1) is 0 Å². The average Bonchev–Trinajstić information content (AvgIpc) is 3.37. The highest BCUT2D eigenvalue weighted by Crippen LogP contribution is 2.19. The Morgan fingerprint density at radius 2 is 0.528 bits per heavy atom. The largest absolute Gasteiger partial charge is 0.462 e. The molecule has 0 rings (SSSR count). The van der Waals surface area contributed by atoms with Crippen LogP contribution in [0.1, 0.15) is 375 Å². The lowest BCUT2D eigenvalue weighted by Gasteiger charge is -2.18. The van der Waals surface area contributed by atoms with E-state index in [1.807, 2.05) is 0 Å². The van der Waals surface area contributed by atoms with E-state index >= 15 is 0 Å². The summed E-state index contributed by atoms with van der Waals surface area (Å²) in [5.74, 6) is 0.897. The Hall–Kier alpha value is -1.59. The van der Waals surface area contributed by atoms with Crippen LogP contribution in [0.3, 0.4) is 0 Å². The van der Waals surface area contributed by atoms with Crippen LogP contribution in [0.15, 0.2) is 0 Å².